The quantitative estimate of drug-likeness (QED) is 0.427. The molecule has 0 bridgehead atoms. The molecule has 0 atom stereocenters. The van der Waals surface area contributed by atoms with Gasteiger partial charge in [0.25, 0.3) is 0 Å². The Bertz CT molecular complexity index is 1020. The number of benzene rings is 2. The molecule has 0 aliphatic carbocycles. The lowest BCUT2D eigenvalue weighted by molar-refractivity contribution is -0.383. The first-order chi connectivity index (χ1) is 12.8. The summed E-state index contributed by atoms with van der Waals surface area (Å²) in [6, 6.07) is 7.12. The van der Waals surface area contributed by atoms with Crippen LogP contribution in [-0.2, 0) is 0 Å². The third kappa shape index (κ3) is 4.39. The normalized spacial score (nSPS) is 10.5. The Morgan fingerprint density at radius 2 is 1.59 bits per heavy atom. The summed E-state index contributed by atoms with van der Waals surface area (Å²) in [5.74, 6) is -2.04. The molecule has 0 saturated heterocycles. The molecule has 0 spiro atoms. The van der Waals surface area contributed by atoms with E-state index in [4.69, 9.17) is 23.2 Å². The van der Waals surface area contributed by atoms with E-state index in [1.54, 1.807) is 0 Å². The molecule has 0 amide bonds. The van der Waals surface area contributed by atoms with Gasteiger partial charge >= 0.3 is 5.69 Å². The summed E-state index contributed by atoms with van der Waals surface area (Å²) in [6.07, 6.45) is 1.03. The third-order valence-corrected chi connectivity index (χ3v) is 3.75. The lowest BCUT2D eigenvalue weighted by Crippen LogP contribution is -2.06. The molecule has 2 N–H and O–H groups in total. The maximum Gasteiger partial charge on any atom is 0.353 e. The number of rotatable bonds is 5. The fourth-order valence-corrected chi connectivity index (χ4v) is 2.74. The van der Waals surface area contributed by atoms with Crippen molar-refractivity contribution in [1.29, 1.82) is 0 Å². The number of nitrogens with one attached hydrogen (secondary N) is 2. The summed E-state index contributed by atoms with van der Waals surface area (Å²) in [5, 5.41) is 17.3. The Balaban J connectivity index is 2.02. The fraction of sp³-hybridized carbons (Fsp3) is 0. The Hall–Kier alpha value is -3.04. The minimum Gasteiger partial charge on any atom is -0.334 e. The van der Waals surface area contributed by atoms with Crippen LogP contribution in [0.1, 0.15) is 0 Å². The molecule has 0 radical (unpaired) electrons. The van der Waals surface area contributed by atoms with Gasteiger partial charge in [-0.2, -0.15) is 0 Å². The molecular formula is C16H9Cl2F2N5O2. The van der Waals surface area contributed by atoms with Gasteiger partial charge in [-0.15, -0.1) is 0 Å². The van der Waals surface area contributed by atoms with Gasteiger partial charge in [-0.3, -0.25) is 10.1 Å². The van der Waals surface area contributed by atoms with E-state index in [1.807, 2.05) is 0 Å². The molecule has 0 aliphatic rings. The minimum atomic E-state index is -0.805. The number of hydrogen-bond donors (Lipinski definition) is 2. The maximum atomic E-state index is 13.8. The molecule has 7 nitrogen and oxygen atoms in total. The first kappa shape index (κ1) is 18.7. The topological polar surface area (TPSA) is 93.0 Å². The summed E-state index contributed by atoms with van der Waals surface area (Å²) in [6.45, 7) is 0. The minimum absolute atomic E-state index is 0.187. The summed E-state index contributed by atoms with van der Waals surface area (Å²) in [5.41, 5.74) is -0.539. The van der Waals surface area contributed by atoms with Gasteiger partial charge in [0.15, 0.2) is 0 Å². The predicted octanol–water partition coefficient (Wildman–Crippen LogP) is 5.46. The zero-order valence-electron chi connectivity index (χ0n) is 13.2. The van der Waals surface area contributed by atoms with Crippen molar-refractivity contribution in [1.82, 2.24) is 9.97 Å². The second-order valence-corrected chi connectivity index (χ2v) is 6.08. The number of hydrogen-bond acceptors (Lipinski definition) is 6. The van der Waals surface area contributed by atoms with E-state index in [9.17, 15) is 18.9 Å². The van der Waals surface area contributed by atoms with Crippen molar-refractivity contribution in [2.75, 3.05) is 10.6 Å². The van der Waals surface area contributed by atoms with Crippen LogP contribution in [0.15, 0.2) is 42.7 Å². The molecule has 11 heteroatoms. The Kier molecular flexibility index (Phi) is 5.33. The van der Waals surface area contributed by atoms with Gasteiger partial charge in [0, 0.05) is 21.8 Å². The molecular weight excluding hydrogens is 403 g/mol. The highest BCUT2D eigenvalue weighted by Crippen LogP contribution is 2.34. The predicted molar refractivity (Wildman–Crippen MR) is 98.1 cm³/mol. The third-order valence-electron chi connectivity index (χ3n) is 3.31. The average Bonchev–Trinajstić information content (AvgIpc) is 2.57. The Morgan fingerprint density at radius 3 is 2.22 bits per heavy atom. The van der Waals surface area contributed by atoms with E-state index in [1.165, 1.54) is 18.2 Å². The summed E-state index contributed by atoms with van der Waals surface area (Å²) < 4.78 is 27.2. The summed E-state index contributed by atoms with van der Waals surface area (Å²) in [4.78, 5) is 18.4. The van der Waals surface area contributed by atoms with Gasteiger partial charge in [0.2, 0.25) is 11.6 Å². The molecule has 0 unspecified atom stereocenters. The van der Waals surface area contributed by atoms with Gasteiger partial charge in [0.1, 0.15) is 18.0 Å². The van der Waals surface area contributed by atoms with Crippen LogP contribution in [0.5, 0.6) is 0 Å². The standard InChI is InChI=1S/C16H9Cl2F2N5O2/c17-8-3-9(18)5-11(4-8)23-15-14(25(26)27)16(22-7-21-15)24-13-6-10(19)1-2-12(13)20/h1-7H,(H2,21,22,23,24). The van der Waals surface area contributed by atoms with Crippen molar-refractivity contribution in [3.05, 3.63) is 74.5 Å². The van der Waals surface area contributed by atoms with Crippen molar-refractivity contribution in [3.63, 3.8) is 0 Å². The second kappa shape index (κ2) is 7.68. The van der Waals surface area contributed by atoms with Crippen LogP contribution in [0.25, 0.3) is 0 Å². The second-order valence-electron chi connectivity index (χ2n) is 5.21. The first-order valence-corrected chi connectivity index (χ1v) is 8.03. The Labute approximate surface area is 161 Å². The van der Waals surface area contributed by atoms with Crippen LogP contribution in [0, 0.1) is 21.7 Å². The summed E-state index contributed by atoms with van der Waals surface area (Å²) >= 11 is 11.8. The van der Waals surface area contributed by atoms with Gasteiger partial charge in [0.05, 0.1) is 10.6 Å². The molecule has 3 aromatic rings. The molecule has 27 heavy (non-hydrogen) atoms. The molecule has 0 saturated carbocycles. The molecule has 3 rings (SSSR count). The highest BCUT2D eigenvalue weighted by atomic mass is 35.5. The number of anilines is 4. The Morgan fingerprint density at radius 1 is 0.963 bits per heavy atom. The van der Waals surface area contributed by atoms with Crippen LogP contribution >= 0.6 is 23.2 Å². The fourth-order valence-electron chi connectivity index (χ4n) is 2.22. The highest BCUT2D eigenvalue weighted by Gasteiger charge is 2.24. The van der Waals surface area contributed by atoms with E-state index in [0.29, 0.717) is 15.7 Å². The lowest BCUT2D eigenvalue weighted by Gasteiger charge is -2.11. The van der Waals surface area contributed by atoms with E-state index in [0.717, 1.165) is 24.5 Å². The number of nitro groups is 1. The van der Waals surface area contributed by atoms with Crippen molar-refractivity contribution < 1.29 is 13.7 Å². The smallest absolute Gasteiger partial charge is 0.334 e. The van der Waals surface area contributed by atoms with Crippen molar-refractivity contribution >= 4 is 51.9 Å². The molecule has 0 fully saturated rings. The number of halogens is 4. The van der Waals surface area contributed by atoms with Crippen molar-refractivity contribution in [2.45, 2.75) is 0 Å². The molecule has 2 aromatic carbocycles. The van der Waals surface area contributed by atoms with Crippen LogP contribution < -0.4 is 10.6 Å². The van der Waals surface area contributed by atoms with Gasteiger partial charge < -0.3 is 10.6 Å². The molecule has 1 aromatic heterocycles. The molecule has 1 heterocycles. The zero-order valence-corrected chi connectivity index (χ0v) is 14.7. The van der Waals surface area contributed by atoms with E-state index >= 15 is 0 Å². The first-order valence-electron chi connectivity index (χ1n) is 7.28. The van der Waals surface area contributed by atoms with E-state index < -0.39 is 22.2 Å². The molecule has 0 aliphatic heterocycles. The number of aromatic nitrogens is 2. The monoisotopic (exact) mass is 411 g/mol. The average molecular weight is 412 g/mol. The number of nitrogens with zero attached hydrogens (tertiary/aromatic N) is 3. The van der Waals surface area contributed by atoms with E-state index in [2.05, 4.69) is 20.6 Å². The van der Waals surface area contributed by atoms with Crippen LogP contribution in [0.4, 0.5) is 37.5 Å². The largest absolute Gasteiger partial charge is 0.353 e. The van der Waals surface area contributed by atoms with Crippen LogP contribution in [-0.4, -0.2) is 14.9 Å². The highest BCUT2D eigenvalue weighted by molar-refractivity contribution is 6.35. The van der Waals surface area contributed by atoms with Crippen LogP contribution in [0.2, 0.25) is 10.0 Å². The van der Waals surface area contributed by atoms with Crippen molar-refractivity contribution in [2.24, 2.45) is 0 Å². The van der Waals surface area contributed by atoms with E-state index in [-0.39, 0.29) is 17.3 Å². The SMILES string of the molecule is O=[N+]([O-])c1c(Nc2cc(Cl)cc(Cl)c2)ncnc1Nc1cc(F)ccc1F. The zero-order chi connectivity index (χ0) is 19.6. The van der Waals surface area contributed by atoms with Crippen LogP contribution in [0.3, 0.4) is 0 Å². The maximum absolute atomic E-state index is 13.8. The van der Waals surface area contributed by atoms with Gasteiger partial charge in [-0.05, 0) is 30.3 Å². The summed E-state index contributed by atoms with van der Waals surface area (Å²) in [7, 11) is 0. The van der Waals surface area contributed by atoms with Gasteiger partial charge in [-0.25, -0.2) is 18.7 Å². The van der Waals surface area contributed by atoms with Crippen molar-refractivity contribution in [3.8, 4) is 0 Å². The lowest BCUT2D eigenvalue weighted by atomic mass is 10.3. The molecule has 138 valence electrons. The van der Waals surface area contributed by atoms with Gasteiger partial charge in [-0.1, -0.05) is 23.2 Å².